The average molecular weight is 611 g/mol. The third-order valence-electron chi connectivity index (χ3n) is 6.82. The molecular formula is C34H42O8S. The maximum atomic E-state index is 12.1. The van der Waals surface area contributed by atoms with Gasteiger partial charge in [-0.2, -0.15) is 11.3 Å². The number of unbranched alkanes of at least 4 members (excludes halogenated alkanes) is 3. The van der Waals surface area contributed by atoms with Crippen LogP contribution in [0.25, 0.3) is 11.1 Å². The fraction of sp³-hybridized carbons (Fsp3) is 0.441. The molecule has 2 aromatic carbocycles. The number of rotatable bonds is 20. The van der Waals surface area contributed by atoms with Crippen molar-refractivity contribution >= 4 is 29.2 Å². The van der Waals surface area contributed by atoms with Gasteiger partial charge in [0.25, 0.3) is 0 Å². The van der Waals surface area contributed by atoms with Crippen molar-refractivity contribution in [1.29, 1.82) is 0 Å². The Morgan fingerprint density at radius 1 is 0.767 bits per heavy atom. The molecule has 0 aliphatic rings. The van der Waals surface area contributed by atoms with Crippen LogP contribution in [-0.4, -0.2) is 49.4 Å². The minimum Gasteiger partial charge on any atom is -0.494 e. The number of carboxylic acids is 1. The first-order valence-corrected chi connectivity index (χ1v) is 15.9. The summed E-state index contributed by atoms with van der Waals surface area (Å²) < 4.78 is 22.1. The summed E-state index contributed by atoms with van der Waals surface area (Å²) in [5.41, 5.74) is 4.18. The van der Waals surface area contributed by atoms with E-state index >= 15 is 0 Å². The van der Waals surface area contributed by atoms with Crippen LogP contribution >= 0.6 is 11.3 Å². The SMILES string of the molecule is CCOC(=O)CCCOc1cccc(CCCCCCOc2cc(C(=O)O)cc(-c3ccsc3)c2)c1CCC(=O)OCC. The lowest BCUT2D eigenvalue weighted by molar-refractivity contribution is -0.144. The van der Waals surface area contributed by atoms with Crippen molar-refractivity contribution in [3.63, 3.8) is 0 Å². The quantitative estimate of drug-likeness (QED) is 0.103. The molecule has 0 atom stereocenters. The molecule has 0 spiro atoms. The van der Waals surface area contributed by atoms with Crippen molar-refractivity contribution in [2.24, 2.45) is 0 Å². The molecule has 3 aromatic rings. The van der Waals surface area contributed by atoms with Crippen LogP contribution in [0.4, 0.5) is 0 Å². The van der Waals surface area contributed by atoms with Crippen molar-refractivity contribution in [1.82, 2.24) is 0 Å². The minimum atomic E-state index is -0.977. The molecule has 0 amide bonds. The lowest BCUT2D eigenvalue weighted by Crippen LogP contribution is -2.10. The maximum Gasteiger partial charge on any atom is 0.335 e. The first-order valence-electron chi connectivity index (χ1n) is 15.0. The molecule has 8 nitrogen and oxygen atoms in total. The molecule has 0 saturated carbocycles. The Bertz CT molecular complexity index is 1300. The molecule has 0 bridgehead atoms. The van der Waals surface area contributed by atoms with Crippen LogP contribution in [0.2, 0.25) is 0 Å². The van der Waals surface area contributed by atoms with E-state index in [0.29, 0.717) is 51.4 Å². The van der Waals surface area contributed by atoms with Crippen LogP contribution in [0.5, 0.6) is 11.5 Å². The van der Waals surface area contributed by atoms with Gasteiger partial charge in [0, 0.05) is 12.8 Å². The van der Waals surface area contributed by atoms with Gasteiger partial charge in [-0.05, 0) is 109 Å². The van der Waals surface area contributed by atoms with Crippen LogP contribution in [0.3, 0.4) is 0 Å². The number of hydrogen-bond acceptors (Lipinski definition) is 8. The summed E-state index contributed by atoms with van der Waals surface area (Å²) in [6.07, 6.45) is 6.30. The summed E-state index contributed by atoms with van der Waals surface area (Å²) in [5, 5.41) is 13.5. The normalized spacial score (nSPS) is 10.7. The summed E-state index contributed by atoms with van der Waals surface area (Å²) in [7, 11) is 0. The number of esters is 2. The number of carbonyl (C=O) groups excluding carboxylic acids is 2. The number of carbonyl (C=O) groups is 3. The van der Waals surface area contributed by atoms with Crippen molar-refractivity contribution < 1.29 is 38.4 Å². The number of hydrogen-bond donors (Lipinski definition) is 1. The highest BCUT2D eigenvalue weighted by atomic mass is 32.1. The summed E-state index contributed by atoms with van der Waals surface area (Å²) in [6.45, 7) is 5.19. The second-order valence-corrected chi connectivity index (χ2v) is 10.8. The third-order valence-corrected chi connectivity index (χ3v) is 7.50. The topological polar surface area (TPSA) is 108 Å². The number of aromatic carboxylic acids is 1. The summed E-state index contributed by atoms with van der Waals surface area (Å²) >= 11 is 1.56. The third kappa shape index (κ3) is 11.7. The Morgan fingerprint density at radius 3 is 2.23 bits per heavy atom. The highest BCUT2D eigenvalue weighted by molar-refractivity contribution is 7.08. The molecule has 232 valence electrons. The largest absolute Gasteiger partial charge is 0.494 e. The maximum absolute atomic E-state index is 12.1. The van der Waals surface area contributed by atoms with E-state index in [1.807, 2.05) is 35.0 Å². The molecule has 0 aliphatic carbocycles. The van der Waals surface area contributed by atoms with Crippen molar-refractivity contribution in [2.45, 2.75) is 71.6 Å². The highest BCUT2D eigenvalue weighted by Crippen LogP contribution is 2.29. The van der Waals surface area contributed by atoms with E-state index in [1.54, 1.807) is 37.3 Å². The molecule has 0 unspecified atom stereocenters. The number of ether oxygens (including phenoxy) is 4. The zero-order chi connectivity index (χ0) is 30.9. The Hall–Kier alpha value is -3.85. The van der Waals surface area contributed by atoms with Crippen LogP contribution in [0, 0.1) is 0 Å². The zero-order valence-electron chi connectivity index (χ0n) is 25.1. The van der Waals surface area contributed by atoms with E-state index in [1.165, 1.54) is 0 Å². The molecule has 1 N–H and O–H groups in total. The average Bonchev–Trinajstić information content (AvgIpc) is 3.54. The van der Waals surface area contributed by atoms with E-state index in [9.17, 15) is 19.5 Å². The van der Waals surface area contributed by atoms with Crippen LogP contribution in [-0.2, 0) is 31.9 Å². The lowest BCUT2D eigenvalue weighted by Gasteiger charge is -2.16. The van der Waals surface area contributed by atoms with E-state index in [0.717, 1.165) is 60.1 Å². The first-order chi connectivity index (χ1) is 20.9. The standard InChI is InChI=1S/C34H42O8S/c1-3-39-32(35)14-10-19-42-31-13-9-12-25(30(31)15-16-33(36)40-4-2)11-7-5-6-8-18-41-29-22-27(26-17-20-43-24-26)21-28(23-29)34(37)38/h9,12-13,17,20-24H,3-8,10-11,14-16,18-19H2,1-2H3,(H,37,38). The van der Waals surface area contributed by atoms with E-state index in [-0.39, 0.29) is 23.9 Å². The molecule has 9 heteroatoms. The Labute approximate surface area is 257 Å². The molecule has 0 fully saturated rings. The summed E-state index contributed by atoms with van der Waals surface area (Å²) in [5.74, 6) is -0.142. The van der Waals surface area contributed by atoms with Crippen LogP contribution in [0.15, 0.2) is 53.2 Å². The zero-order valence-corrected chi connectivity index (χ0v) is 25.9. The smallest absolute Gasteiger partial charge is 0.335 e. The summed E-state index contributed by atoms with van der Waals surface area (Å²) in [4.78, 5) is 35.3. The predicted molar refractivity (Wildman–Crippen MR) is 167 cm³/mol. The van der Waals surface area contributed by atoms with E-state index in [4.69, 9.17) is 18.9 Å². The molecule has 0 saturated heterocycles. The highest BCUT2D eigenvalue weighted by Gasteiger charge is 2.14. The van der Waals surface area contributed by atoms with Gasteiger partial charge in [-0.25, -0.2) is 4.79 Å². The first kappa shape index (κ1) is 33.6. The minimum absolute atomic E-state index is 0.211. The summed E-state index contributed by atoms with van der Waals surface area (Å²) in [6, 6.07) is 13.0. The van der Waals surface area contributed by atoms with Gasteiger partial charge in [0.15, 0.2) is 0 Å². The molecule has 0 aliphatic heterocycles. The van der Waals surface area contributed by atoms with Gasteiger partial charge >= 0.3 is 17.9 Å². The predicted octanol–water partition coefficient (Wildman–Crippen LogP) is 7.51. The lowest BCUT2D eigenvalue weighted by atomic mass is 9.96. The van der Waals surface area contributed by atoms with Crippen LogP contribution < -0.4 is 9.47 Å². The number of thiophene rings is 1. The van der Waals surface area contributed by atoms with E-state index in [2.05, 4.69) is 6.07 Å². The van der Waals surface area contributed by atoms with Gasteiger partial charge in [-0.1, -0.05) is 25.0 Å². The van der Waals surface area contributed by atoms with Crippen molar-refractivity contribution in [3.05, 3.63) is 69.9 Å². The molecule has 0 radical (unpaired) electrons. The monoisotopic (exact) mass is 610 g/mol. The van der Waals surface area contributed by atoms with Crippen molar-refractivity contribution in [2.75, 3.05) is 26.4 Å². The molecule has 1 aromatic heterocycles. The van der Waals surface area contributed by atoms with Gasteiger partial charge in [0.2, 0.25) is 0 Å². The second-order valence-electron chi connectivity index (χ2n) is 10.0. The van der Waals surface area contributed by atoms with Crippen LogP contribution in [0.1, 0.15) is 80.3 Å². The van der Waals surface area contributed by atoms with Gasteiger partial charge < -0.3 is 24.1 Å². The van der Waals surface area contributed by atoms with Gasteiger partial charge in [-0.15, -0.1) is 0 Å². The number of carboxylic acid groups (broad SMARTS) is 1. The molecular weight excluding hydrogens is 568 g/mol. The van der Waals surface area contributed by atoms with Gasteiger partial charge in [0.1, 0.15) is 11.5 Å². The van der Waals surface area contributed by atoms with Gasteiger partial charge in [0.05, 0.1) is 32.0 Å². The fourth-order valence-corrected chi connectivity index (χ4v) is 5.38. The number of benzene rings is 2. The fourth-order valence-electron chi connectivity index (χ4n) is 4.72. The molecule has 1 heterocycles. The molecule has 3 rings (SSSR count). The Kier molecular flexibility index (Phi) is 14.6. The van der Waals surface area contributed by atoms with Crippen molar-refractivity contribution in [3.8, 4) is 22.6 Å². The Balaban J connectivity index is 1.50. The van der Waals surface area contributed by atoms with E-state index < -0.39 is 5.97 Å². The van der Waals surface area contributed by atoms with Gasteiger partial charge in [-0.3, -0.25) is 9.59 Å². The number of aryl methyl sites for hydroxylation is 1. The second kappa shape index (κ2) is 18.6. The Morgan fingerprint density at radius 2 is 1.51 bits per heavy atom. The molecule has 43 heavy (non-hydrogen) atoms.